The molecule has 2 N–H and O–H groups in total. The highest BCUT2D eigenvalue weighted by molar-refractivity contribution is 7.91. The molecule has 1 amide bonds. The number of anilines is 1. The Morgan fingerprint density at radius 1 is 1.08 bits per heavy atom. The van der Waals surface area contributed by atoms with Crippen LogP contribution in [-0.4, -0.2) is 77.5 Å². The van der Waals surface area contributed by atoms with Crippen LogP contribution in [-0.2, 0) is 17.7 Å². The number of nitrogen functional groups attached to an aromatic ring is 1. The van der Waals surface area contributed by atoms with Crippen LogP contribution in [0.1, 0.15) is 51.0 Å². The minimum Gasteiger partial charge on any atom is -0.609 e. The van der Waals surface area contributed by atoms with Gasteiger partial charge in [0.25, 0.3) is 0 Å². The molecule has 2 aliphatic heterocycles. The maximum atomic E-state index is 13.7. The molecule has 198 valence electrons. The van der Waals surface area contributed by atoms with Crippen molar-refractivity contribution in [3.05, 3.63) is 46.4 Å². The predicted molar refractivity (Wildman–Crippen MR) is 144 cm³/mol. The van der Waals surface area contributed by atoms with Crippen molar-refractivity contribution in [2.75, 3.05) is 37.7 Å². The number of piperidine rings is 2. The molecule has 2 aromatic heterocycles. The average Bonchev–Trinajstić information content (AvgIpc) is 3.21. The van der Waals surface area contributed by atoms with Crippen molar-refractivity contribution in [1.82, 2.24) is 28.9 Å². The summed E-state index contributed by atoms with van der Waals surface area (Å²) in [5.41, 5.74) is 7.10. The number of nitrogens with zero attached hydrogens (tertiary/aromatic N) is 6. The lowest BCUT2D eigenvalue weighted by Crippen LogP contribution is -2.50. The van der Waals surface area contributed by atoms with Gasteiger partial charge in [-0.3, -0.25) is 4.57 Å². The maximum absolute atomic E-state index is 13.7. The third-order valence-corrected chi connectivity index (χ3v) is 8.75. The molecule has 1 atom stereocenters. The van der Waals surface area contributed by atoms with Crippen LogP contribution in [0.5, 0.6) is 0 Å². The van der Waals surface area contributed by atoms with Gasteiger partial charge >= 0.3 is 16.9 Å². The Balaban J connectivity index is 1.49. The van der Waals surface area contributed by atoms with E-state index in [0.29, 0.717) is 31.3 Å². The lowest BCUT2D eigenvalue weighted by molar-refractivity contribution is 0.102. The second-order valence-corrected chi connectivity index (χ2v) is 11.4. The number of carbonyl (C=O) groups excluding carboxylic acids is 1. The fourth-order valence-electron chi connectivity index (χ4n) is 5.46. The summed E-state index contributed by atoms with van der Waals surface area (Å²) in [7, 11) is 0. The third kappa shape index (κ3) is 5.25. The van der Waals surface area contributed by atoms with Gasteiger partial charge in [-0.15, -0.1) is 0 Å². The first-order chi connectivity index (χ1) is 18.0. The van der Waals surface area contributed by atoms with Gasteiger partial charge in [-0.1, -0.05) is 43.7 Å². The molecule has 4 heterocycles. The van der Waals surface area contributed by atoms with Gasteiger partial charge in [0.2, 0.25) is 0 Å². The molecule has 11 heteroatoms. The number of carbonyl (C=O) groups is 1. The summed E-state index contributed by atoms with van der Waals surface area (Å²) in [4.78, 5) is 40.5. The zero-order chi connectivity index (χ0) is 25.9. The van der Waals surface area contributed by atoms with Crippen LogP contribution in [0, 0.1) is 0 Å². The minimum absolute atomic E-state index is 0.00934. The largest absolute Gasteiger partial charge is 0.609 e. The number of rotatable bonds is 6. The molecule has 0 aliphatic carbocycles. The first kappa shape index (κ1) is 25.7. The van der Waals surface area contributed by atoms with E-state index in [0.717, 1.165) is 36.1 Å². The van der Waals surface area contributed by atoms with E-state index in [1.54, 1.807) is 4.90 Å². The standard InChI is InChI=1S/C26H35N7O3S/c1-2-17-37(36)24-28-22(27)21-23(29-24)32(18-19-9-5-3-6-10-19)26(35)33(21)25(34)31-15-11-20(12-16-31)30-13-7-4-8-14-30/h3,5-6,9-10,20H,2,4,7-8,11-18H2,1H3,(H2,27,28,29). The first-order valence-corrected chi connectivity index (χ1v) is 14.5. The molecule has 2 fully saturated rings. The number of imidazole rings is 1. The van der Waals surface area contributed by atoms with Gasteiger partial charge in [0.15, 0.2) is 11.5 Å². The smallest absolute Gasteiger partial charge is 0.346 e. The Kier molecular flexibility index (Phi) is 7.82. The van der Waals surface area contributed by atoms with Crippen molar-refractivity contribution in [1.29, 1.82) is 0 Å². The Morgan fingerprint density at radius 2 is 1.78 bits per heavy atom. The Hall–Kier alpha value is -2.89. The summed E-state index contributed by atoms with van der Waals surface area (Å²) < 4.78 is 15.3. The number of likely N-dealkylation sites (tertiary alicyclic amines) is 2. The van der Waals surface area contributed by atoms with Crippen molar-refractivity contribution in [3.63, 3.8) is 0 Å². The van der Waals surface area contributed by atoms with Crippen LogP contribution in [0.15, 0.2) is 40.3 Å². The van der Waals surface area contributed by atoms with Gasteiger partial charge in [0.1, 0.15) is 11.3 Å². The van der Waals surface area contributed by atoms with Gasteiger partial charge in [-0.2, -0.15) is 9.97 Å². The van der Waals surface area contributed by atoms with E-state index >= 15 is 0 Å². The topological polar surface area (TPSA) is 125 Å². The average molecular weight is 526 g/mol. The Bertz CT molecular complexity index is 1290. The van der Waals surface area contributed by atoms with Gasteiger partial charge in [-0.05, 0) is 50.8 Å². The fraction of sp³-hybridized carbons (Fsp3) is 0.538. The van der Waals surface area contributed by atoms with Gasteiger partial charge in [0.05, 0.1) is 6.54 Å². The summed E-state index contributed by atoms with van der Waals surface area (Å²) in [5, 5.41) is 0.0839. The van der Waals surface area contributed by atoms with Crippen LogP contribution in [0.4, 0.5) is 10.6 Å². The van der Waals surface area contributed by atoms with Crippen LogP contribution in [0.25, 0.3) is 11.2 Å². The molecule has 5 rings (SSSR count). The quantitative estimate of drug-likeness (QED) is 0.387. The SMILES string of the molecule is CCC[S+]([O-])c1nc(N)c2c(n1)n(Cc1ccccc1)c(=O)n2C(=O)N1CCC(N2CCCCC2)CC1. The highest BCUT2D eigenvalue weighted by Crippen LogP contribution is 2.24. The van der Waals surface area contributed by atoms with Crippen molar-refractivity contribution >= 4 is 34.2 Å². The molecule has 1 aromatic carbocycles. The van der Waals surface area contributed by atoms with E-state index in [9.17, 15) is 14.1 Å². The molecule has 10 nitrogen and oxygen atoms in total. The fourth-order valence-corrected chi connectivity index (χ4v) is 6.40. The summed E-state index contributed by atoms with van der Waals surface area (Å²) in [6.07, 6.45) is 6.22. The van der Waals surface area contributed by atoms with Gasteiger partial charge in [0, 0.05) is 30.3 Å². The number of hydrogen-bond acceptors (Lipinski definition) is 7. The van der Waals surface area contributed by atoms with E-state index < -0.39 is 22.9 Å². The summed E-state index contributed by atoms with van der Waals surface area (Å²) in [6.45, 7) is 5.55. The molecule has 0 bridgehead atoms. The lowest BCUT2D eigenvalue weighted by Gasteiger charge is -2.40. The molecule has 37 heavy (non-hydrogen) atoms. The molecular weight excluding hydrogens is 490 g/mol. The van der Waals surface area contributed by atoms with Crippen LogP contribution >= 0.6 is 0 Å². The number of nitrogens with two attached hydrogens (primary N) is 1. The molecule has 0 radical (unpaired) electrons. The number of amides is 1. The Labute approximate surface area is 219 Å². The number of benzene rings is 1. The van der Waals surface area contributed by atoms with Crippen molar-refractivity contribution in [3.8, 4) is 0 Å². The summed E-state index contributed by atoms with van der Waals surface area (Å²) in [5.74, 6) is 0.379. The van der Waals surface area contributed by atoms with E-state index in [4.69, 9.17) is 5.73 Å². The molecule has 2 aliphatic rings. The minimum atomic E-state index is -1.45. The summed E-state index contributed by atoms with van der Waals surface area (Å²) in [6, 6.07) is 9.57. The molecule has 3 aromatic rings. The Morgan fingerprint density at radius 3 is 2.46 bits per heavy atom. The van der Waals surface area contributed by atoms with E-state index in [1.807, 2.05) is 37.3 Å². The molecule has 0 spiro atoms. The van der Waals surface area contributed by atoms with Gasteiger partial charge in [-0.25, -0.2) is 14.2 Å². The number of fused-ring (bicyclic) bond motifs is 1. The van der Waals surface area contributed by atoms with Crippen molar-refractivity contribution in [2.24, 2.45) is 0 Å². The predicted octanol–water partition coefficient (Wildman–Crippen LogP) is 2.66. The van der Waals surface area contributed by atoms with Crippen LogP contribution < -0.4 is 11.4 Å². The van der Waals surface area contributed by atoms with Gasteiger partial charge < -0.3 is 20.1 Å². The van der Waals surface area contributed by atoms with Crippen LogP contribution in [0.3, 0.4) is 0 Å². The normalized spacial score (nSPS) is 18.4. The lowest BCUT2D eigenvalue weighted by atomic mass is 10.0. The van der Waals surface area contributed by atoms with E-state index in [1.165, 1.54) is 23.8 Å². The zero-order valence-electron chi connectivity index (χ0n) is 21.3. The van der Waals surface area contributed by atoms with Crippen LogP contribution in [0.2, 0.25) is 0 Å². The molecule has 0 saturated carbocycles. The second kappa shape index (κ2) is 11.2. The highest BCUT2D eigenvalue weighted by atomic mass is 32.2. The second-order valence-electron chi connectivity index (χ2n) is 9.90. The van der Waals surface area contributed by atoms with Crippen molar-refractivity contribution in [2.45, 2.75) is 63.2 Å². The molecular formula is C26H35N7O3S. The highest BCUT2D eigenvalue weighted by Gasteiger charge is 2.32. The monoisotopic (exact) mass is 525 g/mol. The van der Waals surface area contributed by atoms with E-state index in [2.05, 4.69) is 14.9 Å². The number of aromatic nitrogens is 4. The summed E-state index contributed by atoms with van der Waals surface area (Å²) >= 11 is -1.45. The van der Waals surface area contributed by atoms with Crippen molar-refractivity contribution < 1.29 is 9.35 Å². The molecule has 2 saturated heterocycles. The first-order valence-electron chi connectivity index (χ1n) is 13.2. The van der Waals surface area contributed by atoms with E-state index in [-0.39, 0.29) is 28.7 Å². The third-order valence-electron chi connectivity index (χ3n) is 7.38. The molecule has 1 unspecified atom stereocenters. The zero-order valence-corrected chi connectivity index (χ0v) is 22.2. The number of hydrogen-bond donors (Lipinski definition) is 1. The maximum Gasteiger partial charge on any atom is 0.346 e.